The number of halogens is 5. The lowest BCUT2D eigenvalue weighted by atomic mass is 10.1. The van der Waals surface area contributed by atoms with Crippen LogP contribution in [-0.2, 0) is 6.54 Å². The van der Waals surface area contributed by atoms with Crippen LogP contribution in [0.2, 0.25) is 0 Å². The summed E-state index contributed by atoms with van der Waals surface area (Å²) in [5.74, 6) is -11.7. The number of anilines is 1. The molecule has 0 fully saturated rings. The van der Waals surface area contributed by atoms with Gasteiger partial charge in [0.05, 0.1) is 17.0 Å². The fourth-order valence-corrected chi connectivity index (χ4v) is 2.23. The lowest BCUT2D eigenvalue weighted by Gasteiger charge is -2.08. The maximum absolute atomic E-state index is 13.7. The number of hydrogen-bond acceptors (Lipinski definition) is 5. The Morgan fingerprint density at radius 3 is 2.36 bits per heavy atom. The van der Waals surface area contributed by atoms with Gasteiger partial charge in [-0.15, -0.1) is 0 Å². The molecule has 0 unspecified atom stereocenters. The highest BCUT2D eigenvalue weighted by atomic mass is 19.2. The molecule has 0 aliphatic rings. The molecule has 3 rings (SSSR count). The summed E-state index contributed by atoms with van der Waals surface area (Å²) < 4.78 is 67.7. The number of benzene rings is 1. The van der Waals surface area contributed by atoms with E-state index in [0.29, 0.717) is 0 Å². The second-order valence-corrected chi connectivity index (χ2v) is 5.29. The number of aromatic nitrogens is 4. The number of nitrogens with zero attached hydrogens (tertiary/aromatic N) is 4. The van der Waals surface area contributed by atoms with Crippen LogP contribution in [0.25, 0.3) is 0 Å². The third kappa shape index (κ3) is 3.26. The van der Waals surface area contributed by atoms with Crippen molar-refractivity contribution in [3.63, 3.8) is 0 Å². The van der Waals surface area contributed by atoms with Gasteiger partial charge in [-0.3, -0.25) is 24.7 Å². The summed E-state index contributed by atoms with van der Waals surface area (Å²) in [4.78, 5) is 21.9. The fourth-order valence-electron chi connectivity index (χ4n) is 2.23. The molecule has 0 radical (unpaired) electrons. The number of hydrogen-bond donors (Lipinski definition) is 2. The maximum Gasteiger partial charge on any atom is 0.319 e. The third-order valence-corrected chi connectivity index (χ3v) is 3.55. The highest BCUT2D eigenvalue weighted by molar-refractivity contribution is 6.04. The van der Waals surface area contributed by atoms with Gasteiger partial charge in [-0.25, -0.2) is 22.0 Å². The van der Waals surface area contributed by atoms with Gasteiger partial charge in [-0.05, 0) is 0 Å². The average molecular weight is 402 g/mol. The quantitative estimate of drug-likeness (QED) is 0.224. The van der Waals surface area contributed by atoms with Gasteiger partial charge < -0.3 is 5.32 Å². The molecule has 1 aromatic carbocycles. The number of rotatable bonds is 5. The van der Waals surface area contributed by atoms with Crippen LogP contribution >= 0.6 is 0 Å². The lowest BCUT2D eigenvalue weighted by molar-refractivity contribution is -0.385. The van der Waals surface area contributed by atoms with E-state index < -0.39 is 63.4 Å². The van der Waals surface area contributed by atoms with Crippen LogP contribution in [0.3, 0.4) is 0 Å². The van der Waals surface area contributed by atoms with Gasteiger partial charge in [0.2, 0.25) is 11.5 Å². The van der Waals surface area contributed by atoms with Crippen molar-refractivity contribution >= 4 is 17.4 Å². The highest BCUT2D eigenvalue weighted by Crippen LogP contribution is 2.24. The van der Waals surface area contributed by atoms with Gasteiger partial charge >= 0.3 is 5.69 Å². The van der Waals surface area contributed by atoms with Crippen LogP contribution in [0.15, 0.2) is 18.5 Å². The predicted molar refractivity (Wildman–Crippen MR) is 80.8 cm³/mol. The van der Waals surface area contributed by atoms with E-state index in [9.17, 15) is 36.9 Å². The van der Waals surface area contributed by atoms with Crippen molar-refractivity contribution in [2.24, 2.45) is 0 Å². The third-order valence-electron chi connectivity index (χ3n) is 3.55. The van der Waals surface area contributed by atoms with Crippen molar-refractivity contribution in [1.29, 1.82) is 0 Å². The molecule has 0 atom stereocenters. The molecule has 0 aliphatic heterocycles. The topological polar surface area (TPSA) is 119 Å². The Balaban J connectivity index is 1.81. The van der Waals surface area contributed by atoms with Crippen molar-refractivity contribution in [2.75, 3.05) is 5.32 Å². The molecule has 2 N–H and O–H groups in total. The Hall–Kier alpha value is -3.84. The standard InChI is InChI=1S/C14H7F5N6O3/c15-8-5(9(16)11(18)12(19)10(8)17)4-24-2-1-7(23-24)21-14(26)13-6(25(27)28)3-20-22-13/h1-3H,4H2,(H,20,22)(H,21,23,26). The summed E-state index contributed by atoms with van der Waals surface area (Å²) in [7, 11) is 0. The zero-order valence-corrected chi connectivity index (χ0v) is 13.3. The van der Waals surface area contributed by atoms with Crippen molar-refractivity contribution in [3.8, 4) is 0 Å². The van der Waals surface area contributed by atoms with E-state index in [1.807, 2.05) is 0 Å². The van der Waals surface area contributed by atoms with Crippen LogP contribution < -0.4 is 5.32 Å². The first-order valence-electron chi connectivity index (χ1n) is 7.23. The molecule has 0 bridgehead atoms. The Bertz CT molecular complexity index is 1070. The summed E-state index contributed by atoms with van der Waals surface area (Å²) >= 11 is 0. The van der Waals surface area contributed by atoms with Crippen LogP contribution in [0.1, 0.15) is 16.1 Å². The highest BCUT2D eigenvalue weighted by Gasteiger charge is 2.26. The van der Waals surface area contributed by atoms with E-state index in [4.69, 9.17) is 0 Å². The van der Waals surface area contributed by atoms with Crippen molar-refractivity contribution in [1.82, 2.24) is 20.0 Å². The first kappa shape index (κ1) is 18.9. The molecule has 0 saturated heterocycles. The monoisotopic (exact) mass is 402 g/mol. The van der Waals surface area contributed by atoms with Gasteiger partial charge in [0.25, 0.3) is 5.91 Å². The Labute approximate surface area is 150 Å². The van der Waals surface area contributed by atoms with E-state index >= 15 is 0 Å². The zero-order valence-electron chi connectivity index (χ0n) is 13.3. The molecule has 1 amide bonds. The molecule has 146 valence electrons. The summed E-state index contributed by atoms with van der Waals surface area (Å²) in [6, 6.07) is 1.14. The van der Waals surface area contributed by atoms with Crippen molar-refractivity contribution in [2.45, 2.75) is 6.54 Å². The van der Waals surface area contributed by atoms with E-state index in [-0.39, 0.29) is 5.82 Å². The second-order valence-electron chi connectivity index (χ2n) is 5.29. The van der Waals surface area contributed by atoms with E-state index in [2.05, 4.69) is 20.6 Å². The molecular weight excluding hydrogens is 395 g/mol. The Morgan fingerprint density at radius 2 is 1.75 bits per heavy atom. The molecule has 2 aromatic heterocycles. The number of H-pyrrole nitrogens is 1. The molecular formula is C14H7F5N6O3. The molecule has 2 heterocycles. The maximum atomic E-state index is 13.7. The number of carbonyl (C=O) groups excluding carboxylic acids is 1. The van der Waals surface area contributed by atoms with Gasteiger partial charge in [0, 0.05) is 12.3 Å². The molecule has 0 saturated carbocycles. The number of nitro groups is 1. The number of carbonyl (C=O) groups is 1. The van der Waals surface area contributed by atoms with Crippen LogP contribution in [0, 0.1) is 39.2 Å². The normalized spacial score (nSPS) is 10.9. The predicted octanol–water partition coefficient (Wildman–Crippen LogP) is 2.51. The first-order valence-corrected chi connectivity index (χ1v) is 7.23. The smallest absolute Gasteiger partial charge is 0.304 e. The zero-order chi connectivity index (χ0) is 20.6. The summed E-state index contributed by atoms with van der Waals surface area (Å²) in [5, 5.41) is 22.1. The van der Waals surface area contributed by atoms with Gasteiger partial charge in [0.15, 0.2) is 29.1 Å². The Kier molecular flexibility index (Phi) is 4.77. The van der Waals surface area contributed by atoms with Gasteiger partial charge in [0.1, 0.15) is 6.20 Å². The largest absolute Gasteiger partial charge is 0.319 e. The van der Waals surface area contributed by atoms with Crippen molar-refractivity contribution in [3.05, 3.63) is 68.9 Å². The molecule has 9 nitrogen and oxygen atoms in total. The minimum absolute atomic E-state index is 0.197. The van der Waals surface area contributed by atoms with Gasteiger partial charge in [-0.1, -0.05) is 0 Å². The first-order chi connectivity index (χ1) is 13.2. The van der Waals surface area contributed by atoms with Crippen LogP contribution in [0.4, 0.5) is 33.5 Å². The van der Waals surface area contributed by atoms with Crippen molar-refractivity contribution < 1.29 is 31.7 Å². The van der Waals surface area contributed by atoms with Crippen LogP contribution in [0.5, 0.6) is 0 Å². The summed E-state index contributed by atoms with van der Waals surface area (Å²) in [5.41, 5.74) is -2.20. The number of nitrogens with one attached hydrogen (secondary N) is 2. The fraction of sp³-hybridized carbons (Fsp3) is 0.0714. The average Bonchev–Trinajstić information content (AvgIpc) is 3.31. The molecule has 0 spiro atoms. The molecule has 14 heteroatoms. The summed E-state index contributed by atoms with van der Waals surface area (Å²) in [6.07, 6.45) is 1.91. The van der Waals surface area contributed by atoms with E-state index in [1.165, 1.54) is 0 Å². The minimum atomic E-state index is -2.28. The van der Waals surface area contributed by atoms with E-state index in [0.717, 1.165) is 23.1 Å². The molecule has 28 heavy (non-hydrogen) atoms. The van der Waals surface area contributed by atoms with E-state index in [1.54, 1.807) is 0 Å². The van der Waals surface area contributed by atoms with Gasteiger partial charge in [-0.2, -0.15) is 10.2 Å². The van der Waals surface area contributed by atoms with Crippen LogP contribution in [-0.4, -0.2) is 30.8 Å². The number of aromatic amines is 1. The summed E-state index contributed by atoms with van der Waals surface area (Å²) in [6.45, 7) is -0.828. The molecule has 3 aromatic rings. The lowest BCUT2D eigenvalue weighted by Crippen LogP contribution is -2.15. The minimum Gasteiger partial charge on any atom is -0.304 e. The molecule has 0 aliphatic carbocycles. The Morgan fingerprint density at radius 1 is 1.14 bits per heavy atom. The second kappa shape index (κ2) is 7.05. The number of amides is 1. The SMILES string of the molecule is O=C(Nc1ccn(Cc2c(F)c(F)c(F)c(F)c2F)n1)c1[nH]ncc1[N+](=O)[O-].